The minimum Gasteiger partial charge on any atom is -0.382 e. The van der Waals surface area contributed by atoms with Crippen molar-refractivity contribution in [2.75, 3.05) is 6.54 Å². The van der Waals surface area contributed by atoms with Gasteiger partial charge in [-0.3, -0.25) is 14.4 Å². The van der Waals surface area contributed by atoms with Crippen molar-refractivity contribution in [2.24, 2.45) is 11.8 Å². The van der Waals surface area contributed by atoms with E-state index in [4.69, 9.17) is 0 Å². The summed E-state index contributed by atoms with van der Waals surface area (Å²) in [6.45, 7) is 6.69. The third kappa shape index (κ3) is 6.69. The van der Waals surface area contributed by atoms with Crippen LogP contribution in [-0.4, -0.2) is 64.7 Å². The maximum absolute atomic E-state index is 13.3. The van der Waals surface area contributed by atoms with Gasteiger partial charge in [0.1, 0.15) is 12.1 Å². The van der Waals surface area contributed by atoms with Crippen molar-refractivity contribution >= 4 is 17.7 Å². The van der Waals surface area contributed by atoms with Crippen molar-refractivity contribution in [3.05, 3.63) is 35.9 Å². The largest absolute Gasteiger partial charge is 0.416 e. The maximum Gasteiger partial charge on any atom is 0.416 e. The van der Waals surface area contributed by atoms with Crippen molar-refractivity contribution in [3.63, 3.8) is 0 Å². The topological polar surface area (TPSA) is 98.7 Å². The van der Waals surface area contributed by atoms with Gasteiger partial charge in [-0.1, -0.05) is 45.9 Å². The van der Waals surface area contributed by atoms with Crippen LogP contribution < -0.4 is 10.6 Å². The second-order valence-corrected chi connectivity index (χ2v) is 9.02. The number of nitrogens with zero attached hydrogens (tertiary/aromatic N) is 1. The quantitative estimate of drug-likeness (QED) is 0.543. The zero-order valence-corrected chi connectivity index (χ0v) is 19.2. The Morgan fingerprint density at radius 1 is 1.03 bits per heavy atom. The fraction of sp³-hybridized carbons (Fsp3) is 0.609. The number of amides is 3. The molecule has 1 aliphatic rings. The van der Waals surface area contributed by atoms with Crippen molar-refractivity contribution in [2.45, 2.75) is 70.9 Å². The maximum atomic E-state index is 13.3. The SMILES string of the molecule is CC(C)C(NC(=O)[C@@H]1CCCN1C(=O)[C@@H](NC(=O)c1ccccc1)C(C)C)C(O)C(F)(F)F. The monoisotopic (exact) mass is 471 g/mol. The average Bonchev–Trinajstić information content (AvgIpc) is 3.24. The van der Waals surface area contributed by atoms with Crippen molar-refractivity contribution in [3.8, 4) is 0 Å². The predicted octanol–water partition coefficient (Wildman–Crippen LogP) is 2.50. The van der Waals surface area contributed by atoms with Crippen LogP contribution in [0.4, 0.5) is 13.2 Å². The lowest BCUT2D eigenvalue weighted by Gasteiger charge is -2.33. The molecule has 0 spiro atoms. The summed E-state index contributed by atoms with van der Waals surface area (Å²) in [7, 11) is 0. The Morgan fingerprint density at radius 2 is 1.64 bits per heavy atom. The molecule has 0 radical (unpaired) electrons. The number of carbonyl (C=O) groups excluding carboxylic acids is 3. The molecule has 4 atom stereocenters. The highest BCUT2D eigenvalue weighted by molar-refractivity contribution is 5.98. The number of hydrogen-bond acceptors (Lipinski definition) is 4. The first kappa shape index (κ1) is 26.6. The highest BCUT2D eigenvalue weighted by Crippen LogP contribution is 2.27. The van der Waals surface area contributed by atoms with E-state index in [1.54, 1.807) is 44.2 Å². The number of alkyl halides is 3. The van der Waals surface area contributed by atoms with Gasteiger partial charge in [-0.2, -0.15) is 13.2 Å². The second kappa shape index (κ2) is 11.0. The number of nitrogens with one attached hydrogen (secondary N) is 2. The van der Waals surface area contributed by atoms with Gasteiger partial charge in [0.2, 0.25) is 11.8 Å². The molecule has 3 N–H and O–H groups in total. The van der Waals surface area contributed by atoms with E-state index in [1.165, 1.54) is 18.7 Å². The van der Waals surface area contributed by atoms with Gasteiger partial charge in [-0.25, -0.2) is 0 Å². The van der Waals surface area contributed by atoms with E-state index in [0.29, 0.717) is 12.0 Å². The van der Waals surface area contributed by atoms with Crippen LogP contribution in [0.3, 0.4) is 0 Å². The van der Waals surface area contributed by atoms with Gasteiger partial charge < -0.3 is 20.6 Å². The molecule has 1 heterocycles. The third-order valence-electron chi connectivity index (χ3n) is 5.80. The molecule has 3 amide bonds. The van der Waals surface area contributed by atoms with Crippen LogP contribution >= 0.6 is 0 Å². The molecule has 10 heteroatoms. The Hall–Kier alpha value is -2.62. The molecule has 1 aliphatic heterocycles. The lowest BCUT2D eigenvalue weighted by Crippen LogP contribution is -2.59. The van der Waals surface area contributed by atoms with Crippen LogP contribution in [0.5, 0.6) is 0 Å². The van der Waals surface area contributed by atoms with E-state index < -0.39 is 54.0 Å². The summed E-state index contributed by atoms with van der Waals surface area (Å²) in [4.78, 5) is 40.1. The van der Waals surface area contributed by atoms with E-state index in [9.17, 15) is 32.7 Å². The molecule has 0 saturated carbocycles. The van der Waals surface area contributed by atoms with E-state index in [0.717, 1.165) is 0 Å². The number of aliphatic hydroxyl groups is 1. The van der Waals surface area contributed by atoms with Gasteiger partial charge in [-0.15, -0.1) is 0 Å². The molecular weight excluding hydrogens is 439 g/mol. The van der Waals surface area contributed by atoms with Gasteiger partial charge in [0.25, 0.3) is 5.91 Å². The summed E-state index contributed by atoms with van der Waals surface area (Å²) < 4.78 is 39.1. The van der Waals surface area contributed by atoms with Gasteiger partial charge in [0.15, 0.2) is 6.10 Å². The van der Waals surface area contributed by atoms with Crippen molar-refractivity contribution in [1.82, 2.24) is 15.5 Å². The van der Waals surface area contributed by atoms with Crippen LogP contribution in [-0.2, 0) is 9.59 Å². The van der Waals surface area contributed by atoms with Crippen molar-refractivity contribution in [1.29, 1.82) is 0 Å². The van der Waals surface area contributed by atoms with E-state index in [2.05, 4.69) is 10.6 Å². The fourth-order valence-corrected chi connectivity index (χ4v) is 3.88. The van der Waals surface area contributed by atoms with Gasteiger partial charge in [0, 0.05) is 12.1 Å². The predicted molar refractivity (Wildman–Crippen MR) is 116 cm³/mol. The Kier molecular flexibility index (Phi) is 8.88. The van der Waals surface area contributed by atoms with Gasteiger partial charge in [0.05, 0.1) is 6.04 Å². The molecule has 1 aromatic carbocycles. The Morgan fingerprint density at radius 3 is 2.15 bits per heavy atom. The molecular formula is C23H32F3N3O4. The second-order valence-electron chi connectivity index (χ2n) is 9.02. The zero-order chi connectivity index (χ0) is 24.9. The van der Waals surface area contributed by atoms with Gasteiger partial charge >= 0.3 is 6.18 Å². The molecule has 2 rings (SSSR count). The molecule has 7 nitrogen and oxygen atoms in total. The van der Waals surface area contributed by atoms with E-state index in [1.807, 2.05) is 0 Å². The lowest BCUT2D eigenvalue weighted by molar-refractivity contribution is -0.215. The minimum atomic E-state index is -4.89. The Labute approximate surface area is 191 Å². The molecule has 2 unspecified atom stereocenters. The van der Waals surface area contributed by atoms with Crippen LogP contribution in [0.2, 0.25) is 0 Å². The Bertz CT molecular complexity index is 830. The number of aliphatic hydroxyl groups excluding tert-OH is 1. The Balaban J connectivity index is 2.16. The number of benzene rings is 1. The number of hydrogen-bond donors (Lipinski definition) is 3. The number of carbonyl (C=O) groups is 3. The minimum absolute atomic E-state index is 0.246. The van der Waals surface area contributed by atoms with E-state index >= 15 is 0 Å². The van der Waals surface area contributed by atoms with E-state index in [-0.39, 0.29) is 18.9 Å². The first-order valence-corrected chi connectivity index (χ1v) is 11.1. The smallest absolute Gasteiger partial charge is 0.382 e. The molecule has 0 bridgehead atoms. The van der Waals surface area contributed by atoms with Crippen molar-refractivity contribution < 1.29 is 32.7 Å². The highest BCUT2D eigenvalue weighted by Gasteiger charge is 2.46. The fourth-order valence-electron chi connectivity index (χ4n) is 3.88. The molecule has 184 valence electrons. The number of halogens is 3. The summed E-state index contributed by atoms with van der Waals surface area (Å²) >= 11 is 0. The standard InChI is InChI=1S/C23H32F3N3O4/c1-13(2)17(19(30)23(24,25)26)27-21(32)16-11-8-12-29(16)22(33)18(14(3)4)28-20(31)15-9-6-5-7-10-15/h5-7,9-10,13-14,16-19,30H,8,11-12H2,1-4H3,(H,27,32)(H,28,31)/t16-,17?,18-,19?/m0/s1. The molecule has 0 aromatic heterocycles. The number of likely N-dealkylation sites (tertiary alicyclic amines) is 1. The first-order chi connectivity index (χ1) is 15.3. The van der Waals surface area contributed by atoms with Crippen LogP contribution in [0.25, 0.3) is 0 Å². The third-order valence-corrected chi connectivity index (χ3v) is 5.80. The average molecular weight is 472 g/mol. The summed E-state index contributed by atoms with van der Waals surface area (Å²) in [6.07, 6.45) is -6.84. The molecule has 0 aliphatic carbocycles. The normalized spacial score (nSPS) is 19.3. The molecule has 1 aromatic rings. The molecule has 1 fully saturated rings. The van der Waals surface area contributed by atoms with Crippen LogP contribution in [0.15, 0.2) is 30.3 Å². The van der Waals surface area contributed by atoms with Crippen LogP contribution in [0.1, 0.15) is 50.9 Å². The molecule has 1 saturated heterocycles. The summed E-state index contributed by atoms with van der Waals surface area (Å²) in [5.41, 5.74) is 0.382. The first-order valence-electron chi connectivity index (χ1n) is 11.1. The summed E-state index contributed by atoms with van der Waals surface area (Å²) in [5, 5.41) is 14.7. The molecule has 33 heavy (non-hydrogen) atoms. The number of rotatable bonds is 8. The summed E-state index contributed by atoms with van der Waals surface area (Å²) in [6, 6.07) is 4.94. The van der Waals surface area contributed by atoms with Gasteiger partial charge in [-0.05, 0) is 36.8 Å². The zero-order valence-electron chi connectivity index (χ0n) is 19.2. The summed E-state index contributed by atoms with van der Waals surface area (Å²) in [5.74, 6) is -2.63. The lowest BCUT2D eigenvalue weighted by atomic mass is 9.97. The van der Waals surface area contributed by atoms with Crippen LogP contribution in [0, 0.1) is 11.8 Å². The highest BCUT2D eigenvalue weighted by atomic mass is 19.4.